The van der Waals surface area contributed by atoms with Crippen molar-refractivity contribution in [1.82, 2.24) is 4.57 Å². The molecule has 0 aliphatic carbocycles. The molecule has 1 aromatic carbocycles. The molecule has 0 aliphatic rings. The topological polar surface area (TPSA) is 22.0 Å². The van der Waals surface area contributed by atoms with Crippen LogP contribution in [0.15, 0.2) is 24.3 Å². The van der Waals surface area contributed by atoms with E-state index in [4.69, 9.17) is 0 Å². The van der Waals surface area contributed by atoms with Gasteiger partial charge in [-0.2, -0.15) is 0 Å². The number of aryl methyl sites for hydroxylation is 1. The molecule has 14 heavy (non-hydrogen) atoms. The SMILES string of the molecule is Cn1c(CC=O)cc2cc(F)ccc21. The predicted octanol–water partition coefficient (Wildman–Crippen LogP) is 2.06. The Hall–Kier alpha value is -1.64. The highest BCUT2D eigenvalue weighted by Crippen LogP contribution is 2.19. The van der Waals surface area contributed by atoms with E-state index in [1.165, 1.54) is 12.1 Å². The number of hydrogen-bond acceptors (Lipinski definition) is 1. The van der Waals surface area contributed by atoms with Gasteiger partial charge in [0.2, 0.25) is 0 Å². The standard InChI is InChI=1S/C11H10FNO/c1-13-10(4-5-14)7-8-6-9(12)2-3-11(8)13/h2-3,5-7H,4H2,1H3. The minimum Gasteiger partial charge on any atom is -0.347 e. The lowest BCUT2D eigenvalue weighted by Crippen LogP contribution is -1.96. The molecule has 0 fully saturated rings. The molecule has 0 radical (unpaired) electrons. The lowest BCUT2D eigenvalue weighted by atomic mass is 10.2. The van der Waals surface area contributed by atoms with Crippen molar-refractivity contribution in [1.29, 1.82) is 0 Å². The molecule has 3 heteroatoms. The summed E-state index contributed by atoms with van der Waals surface area (Å²) in [7, 11) is 1.87. The Balaban J connectivity index is 2.66. The Bertz CT molecular complexity index is 487. The van der Waals surface area contributed by atoms with Gasteiger partial charge in [0.05, 0.1) is 0 Å². The number of aldehydes is 1. The van der Waals surface area contributed by atoms with Crippen molar-refractivity contribution in [3.8, 4) is 0 Å². The van der Waals surface area contributed by atoms with Crippen LogP contribution in [0.5, 0.6) is 0 Å². The summed E-state index contributed by atoms with van der Waals surface area (Å²) >= 11 is 0. The summed E-state index contributed by atoms with van der Waals surface area (Å²) in [6, 6.07) is 6.46. The van der Waals surface area contributed by atoms with Crippen molar-refractivity contribution in [2.45, 2.75) is 6.42 Å². The molecule has 1 heterocycles. The molecule has 0 saturated heterocycles. The van der Waals surface area contributed by atoms with E-state index >= 15 is 0 Å². The third kappa shape index (κ3) is 1.31. The second-order valence-electron chi connectivity index (χ2n) is 3.27. The molecule has 0 N–H and O–H groups in total. The van der Waals surface area contributed by atoms with Crippen LogP contribution >= 0.6 is 0 Å². The van der Waals surface area contributed by atoms with Gasteiger partial charge in [0, 0.05) is 30.1 Å². The highest BCUT2D eigenvalue weighted by atomic mass is 19.1. The fraction of sp³-hybridized carbons (Fsp3) is 0.182. The Kier molecular flexibility index (Phi) is 2.08. The molecule has 1 aromatic heterocycles. The summed E-state index contributed by atoms with van der Waals surface area (Å²) in [4.78, 5) is 10.4. The average Bonchev–Trinajstić information content (AvgIpc) is 2.44. The number of aromatic nitrogens is 1. The molecular weight excluding hydrogens is 181 g/mol. The molecular formula is C11H10FNO. The number of halogens is 1. The maximum absolute atomic E-state index is 12.9. The minimum absolute atomic E-state index is 0.249. The summed E-state index contributed by atoms with van der Waals surface area (Å²) in [5.74, 6) is -0.249. The van der Waals surface area contributed by atoms with Crippen LogP contribution < -0.4 is 0 Å². The minimum atomic E-state index is -0.249. The highest BCUT2D eigenvalue weighted by Gasteiger charge is 2.05. The molecule has 72 valence electrons. The van der Waals surface area contributed by atoms with Crippen LogP contribution in [-0.2, 0) is 18.3 Å². The van der Waals surface area contributed by atoms with E-state index in [9.17, 15) is 9.18 Å². The fourth-order valence-corrected chi connectivity index (χ4v) is 1.66. The van der Waals surface area contributed by atoms with Gasteiger partial charge in [-0.3, -0.25) is 0 Å². The van der Waals surface area contributed by atoms with Crippen LogP contribution in [0.1, 0.15) is 5.69 Å². The Morgan fingerprint density at radius 3 is 2.93 bits per heavy atom. The lowest BCUT2D eigenvalue weighted by molar-refractivity contribution is -0.107. The molecule has 0 bridgehead atoms. The van der Waals surface area contributed by atoms with E-state index in [-0.39, 0.29) is 5.82 Å². The summed E-state index contributed by atoms with van der Waals surface area (Å²) < 4.78 is 14.8. The monoisotopic (exact) mass is 191 g/mol. The van der Waals surface area contributed by atoms with Crippen molar-refractivity contribution >= 4 is 17.2 Å². The first-order valence-corrected chi connectivity index (χ1v) is 4.40. The number of nitrogens with zero attached hydrogens (tertiary/aromatic N) is 1. The van der Waals surface area contributed by atoms with Gasteiger partial charge in [-0.1, -0.05) is 0 Å². The predicted molar refractivity (Wildman–Crippen MR) is 52.6 cm³/mol. The summed E-state index contributed by atoms with van der Waals surface area (Å²) in [6.07, 6.45) is 1.22. The fourth-order valence-electron chi connectivity index (χ4n) is 1.66. The molecule has 0 atom stereocenters. The van der Waals surface area contributed by atoms with Crippen molar-refractivity contribution in [2.24, 2.45) is 7.05 Å². The third-order valence-corrected chi connectivity index (χ3v) is 2.40. The van der Waals surface area contributed by atoms with Gasteiger partial charge in [-0.15, -0.1) is 0 Å². The largest absolute Gasteiger partial charge is 0.347 e. The Morgan fingerprint density at radius 1 is 1.43 bits per heavy atom. The van der Waals surface area contributed by atoms with Gasteiger partial charge < -0.3 is 9.36 Å². The van der Waals surface area contributed by atoms with Crippen LogP contribution in [0.3, 0.4) is 0 Å². The van der Waals surface area contributed by atoms with Crippen LogP contribution in [0.2, 0.25) is 0 Å². The molecule has 0 saturated carbocycles. The molecule has 2 aromatic rings. The lowest BCUT2D eigenvalue weighted by Gasteiger charge is -1.99. The maximum Gasteiger partial charge on any atom is 0.125 e. The van der Waals surface area contributed by atoms with Crippen molar-refractivity contribution in [2.75, 3.05) is 0 Å². The van der Waals surface area contributed by atoms with E-state index < -0.39 is 0 Å². The number of carbonyl (C=O) groups excluding carboxylic acids is 1. The van der Waals surface area contributed by atoms with Crippen molar-refractivity contribution in [3.05, 3.63) is 35.8 Å². The summed E-state index contributed by atoms with van der Waals surface area (Å²) in [6.45, 7) is 0. The number of carbonyl (C=O) groups is 1. The zero-order valence-electron chi connectivity index (χ0n) is 7.83. The van der Waals surface area contributed by atoms with Crippen LogP contribution in [0, 0.1) is 5.82 Å². The van der Waals surface area contributed by atoms with E-state index in [1.807, 2.05) is 17.7 Å². The van der Waals surface area contributed by atoms with Gasteiger partial charge in [-0.25, -0.2) is 4.39 Å². The highest BCUT2D eigenvalue weighted by molar-refractivity contribution is 5.82. The van der Waals surface area contributed by atoms with Gasteiger partial charge >= 0.3 is 0 Å². The van der Waals surface area contributed by atoms with Crippen molar-refractivity contribution < 1.29 is 9.18 Å². The normalized spacial score (nSPS) is 10.7. The molecule has 0 aliphatic heterocycles. The second kappa shape index (κ2) is 3.25. The smallest absolute Gasteiger partial charge is 0.125 e. The number of rotatable bonds is 2. The molecule has 0 amide bonds. The first-order valence-electron chi connectivity index (χ1n) is 4.40. The second-order valence-corrected chi connectivity index (χ2v) is 3.27. The van der Waals surface area contributed by atoms with E-state index in [1.54, 1.807) is 6.07 Å². The zero-order chi connectivity index (χ0) is 10.1. The van der Waals surface area contributed by atoms with Crippen LogP contribution in [-0.4, -0.2) is 10.9 Å². The first-order chi connectivity index (χ1) is 6.72. The van der Waals surface area contributed by atoms with E-state index in [2.05, 4.69) is 0 Å². The first kappa shape index (κ1) is 8.94. The summed E-state index contributed by atoms with van der Waals surface area (Å²) in [5.41, 5.74) is 1.85. The number of benzene rings is 1. The zero-order valence-corrected chi connectivity index (χ0v) is 7.83. The van der Waals surface area contributed by atoms with Gasteiger partial charge in [0.25, 0.3) is 0 Å². The maximum atomic E-state index is 12.9. The molecule has 0 unspecified atom stereocenters. The van der Waals surface area contributed by atoms with Gasteiger partial charge in [-0.05, 0) is 24.3 Å². The Labute approximate surface area is 81.0 Å². The summed E-state index contributed by atoms with van der Waals surface area (Å²) in [5, 5.41) is 0.837. The van der Waals surface area contributed by atoms with Gasteiger partial charge in [0.15, 0.2) is 0 Å². The van der Waals surface area contributed by atoms with Gasteiger partial charge in [0.1, 0.15) is 12.1 Å². The van der Waals surface area contributed by atoms with E-state index in [0.29, 0.717) is 6.42 Å². The molecule has 0 spiro atoms. The quantitative estimate of drug-likeness (QED) is 0.666. The molecule has 2 nitrogen and oxygen atoms in total. The van der Waals surface area contributed by atoms with Crippen molar-refractivity contribution in [3.63, 3.8) is 0 Å². The van der Waals surface area contributed by atoms with Crippen LogP contribution in [0.4, 0.5) is 4.39 Å². The van der Waals surface area contributed by atoms with E-state index in [0.717, 1.165) is 22.9 Å². The Morgan fingerprint density at radius 2 is 2.21 bits per heavy atom. The number of hydrogen-bond donors (Lipinski definition) is 0. The third-order valence-electron chi connectivity index (χ3n) is 2.40. The molecule has 2 rings (SSSR count). The van der Waals surface area contributed by atoms with Crippen LogP contribution in [0.25, 0.3) is 10.9 Å². The number of fused-ring (bicyclic) bond motifs is 1. The average molecular weight is 191 g/mol.